The number of carbonyl (C=O) groups excluding carboxylic acids is 2. The van der Waals surface area contributed by atoms with Crippen molar-refractivity contribution in [2.45, 2.75) is 94.5 Å². The molecule has 2 aromatic carbocycles. The lowest BCUT2D eigenvalue weighted by atomic mass is 10.0. The van der Waals surface area contributed by atoms with Crippen molar-refractivity contribution >= 4 is 60.0 Å². The Balaban J connectivity index is 0.000000256. The van der Waals surface area contributed by atoms with Crippen LogP contribution in [0.1, 0.15) is 66.3 Å². The molecule has 0 unspecified atom stereocenters. The fourth-order valence-electron chi connectivity index (χ4n) is 8.78. The number of nitrogen functional groups attached to an aromatic ring is 1. The summed E-state index contributed by atoms with van der Waals surface area (Å²) in [5, 5.41) is -0.560. The van der Waals surface area contributed by atoms with Gasteiger partial charge in [-0.05, 0) is 163 Å². The predicted octanol–water partition coefficient (Wildman–Crippen LogP) is 6.34. The number of Topliss-reactive ketones (excluding diaryl/α,β-unsaturated/α-hetero) is 1. The van der Waals surface area contributed by atoms with Crippen molar-refractivity contribution in [1.82, 2.24) is 28.4 Å². The van der Waals surface area contributed by atoms with E-state index in [9.17, 15) is 26.4 Å². The van der Waals surface area contributed by atoms with Crippen molar-refractivity contribution < 1.29 is 35.9 Å². The van der Waals surface area contributed by atoms with Gasteiger partial charge in [-0.15, -0.1) is 0 Å². The highest BCUT2D eigenvalue weighted by Crippen LogP contribution is 2.30. The second kappa shape index (κ2) is 26.7. The molecule has 2 saturated heterocycles. The Morgan fingerprint density at radius 2 is 1.01 bits per heavy atom. The Kier molecular flexibility index (Phi) is 22.1. The number of methoxy groups -OCH3 is 2. The summed E-state index contributed by atoms with van der Waals surface area (Å²) in [6.45, 7) is 11.2. The van der Waals surface area contributed by atoms with Crippen molar-refractivity contribution in [1.29, 1.82) is 0 Å². The standard InChI is InChI=1S/C26H38N4O4S.C13H18ClNO4S.C12H20N4/c1-19-15-24(34-6)16-20(2)26(19)35(32,33)29(5)12-11-23(31)17-21-7-8-25(27-18-21)30-13-9-22(10-14-30)28(3)4;1-9-7-11(19-4)8-10(2)13(9)20(17,18)15(3)6-5-12(14)16;1-15(2)11-5-7-16(8-6-11)12-4-3-10(13)9-14-12/h7-8,15-16,18,22H,9-14,17H2,1-6H3;7-8H,5-6H2,1-4H3;3-4,9,11H,5-8,13H2,1-2H3. The molecule has 4 heterocycles. The highest BCUT2D eigenvalue weighted by Gasteiger charge is 2.28. The summed E-state index contributed by atoms with van der Waals surface area (Å²) in [5.41, 5.74) is 9.65. The monoisotopic (exact) mass is 1040 g/mol. The number of hydrogen-bond acceptors (Lipinski definition) is 15. The maximum Gasteiger partial charge on any atom is 0.243 e. The number of piperidine rings is 2. The molecule has 17 nitrogen and oxygen atoms in total. The number of ketones is 1. The van der Waals surface area contributed by atoms with Crippen LogP contribution in [0.5, 0.6) is 11.5 Å². The van der Waals surface area contributed by atoms with Gasteiger partial charge in [-0.25, -0.2) is 35.4 Å². The van der Waals surface area contributed by atoms with Gasteiger partial charge < -0.3 is 34.8 Å². The number of carbonyl (C=O) groups is 2. The number of aromatic nitrogens is 2. The number of rotatable bonds is 18. The smallest absolute Gasteiger partial charge is 0.243 e. The van der Waals surface area contributed by atoms with Gasteiger partial charge in [0.05, 0.1) is 35.9 Å². The number of ether oxygens (including phenoxy) is 2. The third-order valence-corrected chi connectivity index (χ3v) is 17.5. The number of halogens is 1. The van der Waals surface area contributed by atoms with Crippen LogP contribution in [-0.2, 0) is 36.1 Å². The number of sulfonamides is 2. The van der Waals surface area contributed by atoms with Crippen LogP contribution in [0.4, 0.5) is 17.3 Å². The molecule has 0 atom stereocenters. The molecule has 392 valence electrons. The zero-order chi connectivity index (χ0) is 52.8. The summed E-state index contributed by atoms with van der Waals surface area (Å²) in [5.74, 6) is 3.20. The Hall–Kier alpha value is -4.89. The molecule has 0 radical (unpaired) electrons. The average molecular weight is 1040 g/mol. The minimum Gasteiger partial charge on any atom is -0.497 e. The molecule has 6 rings (SSSR count). The first-order valence-electron chi connectivity index (χ1n) is 23.8. The molecule has 2 aliphatic heterocycles. The van der Waals surface area contributed by atoms with Gasteiger partial charge in [-0.2, -0.15) is 0 Å². The first-order chi connectivity index (χ1) is 33.4. The quantitative estimate of drug-likeness (QED) is 0.109. The number of benzene rings is 2. The molecule has 0 saturated carbocycles. The van der Waals surface area contributed by atoms with Crippen LogP contribution in [0.3, 0.4) is 0 Å². The number of hydrogen-bond donors (Lipinski definition) is 1. The van der Waals surface area contributed by atoms with Crippen LogP contribution >= 0.6 is 11.6 Å². The topological polar surface area (TPSA) is 192 Å². The second-order valence-corrected chi connectivity index (χ2v) is 23.1. The predicted molar refractivity (Wildman–Crippen MR) is 284 cm³/mol. The minimum absolute atomic E-state index is 0.0171. The molecular weight excluding hydrogens is 966 g/mol. The Morgan fingerprint density at radius 3 is 1.34 bits per heavy atom. The molecule has 0 bridgehead atoms. The number of pyridine rings is 2. The number of nitrogens with zero attached hydrogens (tertiary/aromatic N) is 8. The van der Waals surface area contributed by atoms with E-state index in [0.717, 1.165) is 66.2 Å². The summed E-state index contributed by atoms with van der Waals surface area (Å²) >= 11 is 5.24. The third kappa shape index (κ3) is 16.6. The number of aryl methyl sites for hydroxylation is 4. The molecule has 2 aromatic heterocycles. The van der Waals surface area contributed by atoms with E-state index in [-0.39, 0.29) is 47.9 Å². The summed E-state index contributed by atoms with van der Waals surface area (Å²) in [6, 6.07) is 15.9. The Labute approximate surface area is 428 Å². The summed E-state index contributed by atoms with van der Waals surface area (Å²) in [7, 11) is 7.21. The lowest BCUT2D eigenvalue weighted by Gasteiger charge is -2.35. The molecule has 4 aromatic rings. The normalized spacial score (nSPS) is 14.8. The average Bonchev–Trinajstić information content (AvgIpc) is 3.32. The van der Waals surface area contributed by atoms with Gasteiger partial charge in [0.1, 0.15) is 28.9 Å². The molecule has 0 aliphatic carbocycles. The van der Waals surface area contributed by atoms with E-state index in [1.54, 1.807) is 71.5 Å². The molecule has 20 heteroatoms. The number of nitrogens with two attached hydrogens (primary N) is 1. The van der Waals surface area contributed by atoms with Gasteiger partial charge in [0.25, 0.3) is 0 Å². The van der Waals surface area contributed by atoms with Gasteiger partial charge in [0.15, 0.2) is 0 Å². The van der Waals surface area contributed by atoms with E-state index in [0.29, 0.717) is 45.8 Å². The van der Waals surface area contributed by atoms with E-state index in [1.807, 2.05) is 24.3 Å². The minimum atomic E-state index is -3.72. The van der Waals surface area contributed by atoms with Crippen molar-refractivity contribution in [2.75, 3.05) is 111 Å². The maximum absolute atomic E-state index is 13.1. The summed E-state index contributed by atoms with van der Waals surface area (Å²) in [4.78, 5) is 42.0. The fourth-order valence-corrected chi connectivity index (χ4v) is 12.0. The van der Waals surface area contributed by atoms with Gasteiger partial charge in [-0.1, -0.05) is 6.07 Å². The third-order valence-electron chi connectivity index (χ3n) is 13.0. The first-order valence-corrected chi connectivity index (χ1v) is 27.1. The van der Waals surface area contributed by atoms with Gasteiger partial charge >= 0.3 is 0 Å². The molecule has 2 fully saturated rings. The van der Waals surface area contributed by atoms with Crippen molar-refractivity contribution in [2.24, 2.45) is 0 Å². The van der Waals surface area contributed by atoms with Crippen molar-refractivity contribution in [3.63, 3.8) is 0 Å². The van der Waals surface area contributed by atoms with E-state index in [1.165, 1.54) is 38.4 Å². The molecule has 71 heavy (non-hydrogen) atoms. The van der Waals surface area contributed by atoms with Crippen LogP contribution in [-0.4, -0.2) is 164 Å². The fraction of sp³-hybridized carbons (Fsp3) is 0.529. The van der Waals surface area contributed by atoms with Crippen molar-refractivity contribution in [3.8, 4) is 11.5 Å². The van der Waals surface area contributed by atoms with Gasteiger partial charge in [0.2, 0.25) is 25.3 Å². The largest absolute Gasteiger partial charge is 0.497 e. The molecule has 0 amide bonds. The lowest BCUT2D eigenvalue weighted by Crippen LogP contribution is -2.42. The SMILES string of the molecule is CN(C)C1CCN(c2ccc(N)cn2)CC1.COc1cc(C)c(S(=O)(=O)N(C)CCC(=O)Cc2ccc(N3CCC(N(C)C)CC3)nc2)c(C)c1.COc1cc(C)c(S(=O)(=O)N(C)CCC(=O)Cl)c(C)c1. The summed E-state index contributed by atoms with van der Waals surface area (Å²) in [6.07, 6.45) is 8.49. The molecular formula is C51H76ClN9O8S2. The second-order valence-electron chi connectivity index (χ2n) is 18.7. The highest BCUT2D eigenvalue weighted by molar-refractivity contribution is 7.89. The summed E-state index contributed by atoms with van der Waals surface area (Å²) < 4.78 is 64.1. The van der Waals surface area contributed by atoms with Crippen LogP contribution < -0.4 is 25.0 Å². The Bertz CT molecular complexity index is 2560. The molecule has 2 aliphatic rings. The molecule has 0 spiro atoms. The van der Waals surface area contributed by atoms with Crippen LogP contribution in [0.15, 0.2) is 70.7 Å². The maximum atomic E-state index is 13.1. The van der Waals surface area contributed by atoms with E-state index in [4.69, 9.17) is 26.8 Å². The van der Waals surface area contributed by atoms with Crippen LogP contribution in [0.2, 0.25) is 0 Å². The van der Waals surface area contributed by atoms with E-state index >= 15 is 0 Å². The lowest BCUT2D eigenvalue weighted by molar-refractivity contribution is -0.118. The van der Waals surface area contributed by atoms with E-state index in [2.05, 4.69) is 57.8 Å². The highest BCUT2D eigenvalue weighted by atomic mass is 35.5. The van der Waals surface area contributed by atoms with Gasteiger partial charge in [-0.3, -0.25) is 9.59 Å². The zero-order valence-electron chi connectivity index (χ0n) is 43.7. The zero-order valence-corrected chi connectivity index (χ0v) is 46.1. The van der Waals surface area contributed by atoms with Crippen molar-refractivity contribution in [3.05, 3.63) is 88.7 Å². The Morgan fingerprint density at radius 1 is 0.634 bits per heavy atom. The van der Waals surface area contributed by atoms with Gasteiger partial charge in [0, 0.05) is 90.9 Å². The first kappa shape index (κ1) is 58.7. The van der Waals surface area contributed by atoms with Crippen LogP contribution in [0.25, 0.3) is 0 Å². The van der Waals surface area contributed by atoms with E-state index < -0.39 is 25.3 Å². The number of anilines is 3. The van der Waals surface area contributed by atoms with Crippen LogP contribution in [0, 0.1) is 27.7 Å². The molecule has 2 N–H and O–H groups in total.